The molecule has 5 nitrogen and oxygen atoms in total. The van der Waals surface area contributed by atoms with Crippen LogP contribution in [0.25, 0.3) is 5.69 Å². The molecule has 23 heavy (non-hydrogen) atoms. The number of hydrogen-bond donors (Lipinski definition) is 2. The molecule has 2 N–H and O–H groups in total. The van der Waals surface area contributed by atoms with Crippen molar-refractivity contribution in [3.8, 4) is 5.69 Å². The van der Waals surface area contributed by atoms with Gasteiger partial charge in [-0.15, -0.1) is 0 Å². The Morgan fingerprint density at radius 1 is 1.22 bits per heavy atom. The van der Waals surface area contributed by atoms with Crippen LogP contribution in [0.2, 0.25) is 0 Å². The summed E-state index contributed by atoms with van der Waals surface area (Å²) in [5.41, 5.74) is 2.45. The van der Waals surface area contributed by atoms with E-state index in [1.807, 2.05) is 55.1 Å². The van der Waals surface area contributed by atoms with E-state index in [1.165, 1.54) is 0 Å². The third kappa shape index (κ3) is 4.22. The maximum Gasteiger partial charge on any atom is 0.252 e. The Balaban J connectivity index is 2.06. The lowest BCUT2D eigenvalue weighted by molar-refractivity contribution is -0.122. The summed E-state index contributed by atoms with van der Waals surface area (Å²) in [6.45, 7) is 6.18. The first-order chi connectivity index (χ1) is 11.0. The molecule has 0 bridgehead atoms. The van der Waals surface area contributed by atoms with Crippen molar-refractivity contribution in [3.05, 3.63) is 53.9 Å². The second-order valence-electron chi connectivity index (χ2n) is 5.58. The Kier molecular flexibility index (Phi) is 5.57. The van der Waals surface area contributed by atoms with Gasteiger partial charge in [0.05, 0.1) is 0 Å². The zero-order valence-corrected chi connectivity index (χ0v) is 13.8. The first-order valence-electron chi connectivity index (χ1n) is 7.85. The number of carbonyl (C=O) groups excluding carboxylic acids is 2. The molecular formula is C18H23N3O2. The van der Waals surface area contributed by atoms with E-state index in [2.05, 4.69) is 10.6 Å². The standard InChI is InChI=1S/C18H23N3O2/c1-4-9-19-17(22)14(3)20-18(23)16-8-7-15(12-13(16)2)21-10-5-6-11-21/h5-8,10-12,14H,4,9H2,1-3H3,(H,19,22)(H,20,23). The summed E-state index contributed by atoms with van der Waals surface area (Å²) in [6.07, 6.45) is 4.77. The Hall–Kier alpha value is -2.56. The highest BCUT2D eigenvalue weighted by Crippen LogP contribution is 2.15. The fraction of sp³-hybridized carbons (Fsp3) is 0.333. The molecule has 1 aromatic carbocycles. The largest absolute Gasteiger partial charge is 0.354 e. The lowest BCUT2D eigenvalue weighted by Crippen LogP contribution is -2.45. The number of rotatable bonds is 6. The van der Waals surface area contributed by atoms with Crippen LogP contribution >= 0.6 is 0 Å². The minimum absolute atomic E-state index is 0.165. The number of nitrogens with one attached hydrogen (secondary N) is 2. The van der Waals surface area contributed by atoms with E-state index >= 15 is 0 Å². The van der Waals surface area contributed by atoms with Gasteiger partial charge in [-0.3, -0.25) is 9.59 Å². The molecule has 2 aromatic rings. The normalized spacial score (nSPS) is 11.8. The van der Waals surface area contributed by atoms with Gasteiger partial charge in [0.15, 0.2) is 0 Å². The summed E-state index contributed by atoms with van der Waals surface area (Å²) in [7, 11) is 0. The quantitative estimate of drug-likeness (QED) is 0.860. The summed E-state index contributed by atoms with van der Waals surface area (Å²) < 4.78 is 1.98. The third-order valence-electron chi connectivity index (χ3n) is 3.65. The van der Waals surface area contributed by atoms with Crippen LogP contribution in [0, 0.1) is 6.92 Å². The molecule has 2 amide bonds. The van der Waals surface area contributed by atoms with E-state index in [9.17, 15) is 9.59 Å². The van der Waals surface area contributed by atoms with Gasteiger partial charge >= 0.3 is 0 Å². The van der Waals surface area contributed by atoms with Crippen molar-refractivity contribution in [3.63, 3.8) is 0 Å². The average Bonchev–Trinajstić information content (AvgIpc) is 3.06. The van der Waals surface area contributed by atoms with E-state index in [0.717, 1.165) is 17.7 Å². The summed E-state index contributed by atoms with van der Waals surface area (Å²) in [5, 5.41) is 5.52. The van der Waals surface area contributed by atoms with Crippen molar-refractivity contribution in [2.45, 2.75) is 33.2 Å². The van der Waals surface area contributed by atoms with Gasteiger partial charge in [-0.25, -0.2) is 0 Å². The molecule has 0 radical (unpaired) electrons. The summed E-state index contributed by atoms with van der Waals surface area (Å²) >= 11 is 0. The first-order valence-corrected chi connectivity index (χ1v) is 7.85. The van der Waals surface area contributed by atoms with Crippen molar-refractivity contribution < 1.29 is 9.59 Å². The van der Waals surface area contributed by atoms with Crippen LogP contribution < -0.4 is 10.6 Å². The Morgan fingerprint density at radius 3 is 2.52 bits per heavy atom. The lowest BCUT2D eigenvalue weighted by atomic mass is 10.1. The highest BCUT2D eigenvalue weighted by molar-refractivity contribution is 5.98. The van der Waals surface area contributed by atoms with Gasteiger partial charge in [-0.2, -0.15) is 0 Å². The predicted molar refractivity (Wildman–Crippen MR) is 90.7 cm³/mol. The van der Waals surface area contributed by atoms with Crippen molar-refractivity contribution in [2.24, 2.45) is 0 Å². The second-order valence-corrected chi connectivity index (χ2v) is 5.58. The highest BCUT2D eigenvalue weighted by atomic mass is 16.2. The number of hydrogen-bond acceptors (Lipinski definition) is 2. The van der Waals surface area contributed by atoms with Gasteiger partial charge in [-0.1, -0.05) is 6.92 Å². The Labute approximate surface area is 136 Å². The Morgan fingerprint density at radius 2 is 1.91 bits per heavy atom. The zero-order chi connectivity index (χ0) is 16.8. The molecule has 0 saturated heterocycles. The summed E-state index contributed by atoms with van der Waals surface area (Å²) in [5.74, 6) is -0.400. The van der Waals surface area contributed by atoms with Crippen molar-refractivity contribution in [1.82, 2.24) is 15.2 Å². The van der Waals surface area contributed by atoms with Gasteiger partial charge in [-0.05, 0) is 56.2 Å². The summed E-state index contributed by atoms with van der Waals surface area (Å²) in [4.78, 5) is 24.2. The minimum Gasteiger partial charge on any atom is -0.354 e. The van der Waals surface area contributed by atoms with Crippen LogP contribution in [0.15, 0.2) is 42.7 Å². The number of benzene rings is 1. The van der Waals surface area contributed by atoms with E-state index in [4.69, 9.17) is 0 Å². The van der Waals surface area contributed by atoms with Crippen LogP contribution in [-0.2, 0) is 4.79 Å². The number of aromatic nitrogens is 1. The molecule has 0 aliphatic carbocycles. The van der Waals surface area contributed by atoms with E-state index in [-0.39, 0.29) is 11.8 Å². The lowest BCUT2D eigenvalue weighted by Gasteiger charge is -2.15. The van der Waals surface area contributed by atoms with Crippen LogP contribution in [-0.4, -0.2) is 29.0 Å². The smallest absolute Gasteiger partial charge is 0.252 e. The first kappa shape index (κ1) is 16.8. The molecule has 1 unspecified atom stereocenters. The third-order valence-corrected chi connectivity index (χ3v) is 3.65. The van der Waals surface area contributed by atoms with Crippen molar-refractivity contribution in [2.75, 3.05) is 6.54 Å². The van der Waals surface area contributed by atoms with E-state index in [1.54, 1.807) is 13.0 Å². The molecule has 1 atom stereocenters. The topological polar surface area (TPSA) is 63.1 Å². The fourth-order valence-corrected chi connectivity index (χ4v) is 2.31. The molecular weight excluding hydrogens is 290 g/mol. The van der Waals surface area contributed by atoms with Gasteiger partial charge in [0.2, 0.25) is 5.91 Å². The molecule has 5 heteroatoms. The van der Waals surface area contributed by atoms with Crippen LogP contribution in [0.4, 0.5) is 0 Å². The maximum atomic E-state index is 12.4. The molecule has 0 saturated carbocycles. The molecule has 0 aliphatic rings. The van der Waals surface area contributed by atoms with Gasteiger partial charge in [0.25, 0.3) is 5.91 Å². The average molecular weight is 313 g/mol. The number of carbonyl (C=O) groups is 2. The van der Waals surface area contributed by atoms with Gasteiger partial charge < -0.3 is 15.2 Å². The minimum atomic E-state index is -0.558. The zero-order valence-electron chi connectivity index (χ0n) is 13.8. The molecule has 1 aromatic heterocycles. The fourth-order valence-electron chi connectivity index (χ4n) is 2.31. The molecule has 0 aliphatic heterocycles. The van der Waals surface area contributed by atoms with E-state index in [0.29, 0.717) is 12.1 Å². The summed E-state index contributed by atoms with van der Waals surface area (Å²) in [6, 6.07) is 8.98. The molecule has 122 valence electrons. The number of amides is 2. The van der Waals surface area contributed by atoms with Crippen LogP contribution in [0.1, 0.15) is 36.2 Å². The van der Waals surface area contributed by atoms with Gasteiger partial charge in [0.1, 0.15) is 6.04 Å². The monoisotopic (exact) mass is 313 g/mol. The maximum absolute atomic E-state index is 12.4. The second kappa shape index (κ2) is 7.63. The van der Waals surface area contributed by atoms with E-state index < -0.39 is 6.04 Å². The molecule has 1 heterocycles. The SMILES string of the molecule is CCCNC(=O)C(C)NC(=O)c1ccc(-n2cccc2)cc1C. The van der Waals surface area contributed by atoms with Crippen LogP contribution in [0.5, 0.6) is 0 Å². The van der Waals surface area contributed by atoms with Crippen molar-refractivity contribution >= 4 is 11.8 Å². The molecule has 0 spiro atoms. The number of aryl methyl sites for hydroxylation is 1. The number of nitrogens with zero attached hydrogens (tertiary/aromatic N) is 1. The van der Waals surface area contributed by atoms with Gasteiger partial charge in [0, 0.05) is 30.2 Å². The van der Waals surface area contributed by atoms with Crippen LogP contribution in [0.3, 0.4) is 0 Å². The Bertz CT molecular complexity index is 678. The van der Waals surface area contributed by atoms with Crippen molar-refractivity contribution in [1.29, 1.82) is 0 Å². The predicted octanol–water partition coefficient (Wildman–Crippen LogP) is 2.43. The molecule has 0 fully saturated rings. The molecule has 2 rings (SSSR count). The highest BCUT2D eigenvalue weighted by Gasteiger charge is 2.17.